The first-order valence-corrected chi connectivity index (χ1v) is 20.2. The van der Waals surface area contributed by atoms with Crippen LogP contribution >= 0.6 is 0 Å². The number of nitrogens with zero attached hydrogens (tertiary/aromatic N) is 6. The lowest BCUT2D eigenvalue weighted by molar-refractivity contribution is -0.0432. The zero-order valence-electron chi connectivity index (χ0n) is 30.9. The van der Waals surface area contributed by atoms with Crippen molar-refractivity contribution in [3.63, 3.8) is 0 Å². The summed E-state index contributed by atoms with van der Waals surface area (Å²) in [7, 11) is 0.467. The van der Waals surface area contributed by atoms with E-state index in [0.29, 0.717) is 39.6 Å². The van der Waals surface area contributed by atoms with Crippen molar-refractivity contribution >= 4 is 42.3 Å². The number of esters is 2. The highest BCUT2D eigenvalue weighted by Crippen LogP contribution is 2.43. The number of benzene rings is 2. The number of rotatable bonds is 8. The summed E-state index contributed by atoms with van der Waals surface area (Å²) in [5.74, 6) is -0.932. The van der Waals surface area contributed by atoms with Crippen LogP contribution in [0.3, 0.4) is 0 Å². The lowest BCUT2D eigenvalue weighted by Crippen LogP contribution is -2.48. The minimum absolute atomic E-state index is 0.0121. The van der Waals surface area contributed by atoms with Crippen molar-refractivity contribution in [1.82, 2.24) is 30.0 Å². The number of aromatic nitrogens is 6. The van der Waals surface area contributed by atoms with E-state index in [4.69, 9.17) is 23.4 Å². The van der Waals surface area contributed by atoms with Gasteiger partial charge in [0.05, 0.1) is 48.6 Å². The molecule has 8 atom stereocenters. The van der Waals surface area contributed by atoms with Gasteiger partial charge in [0.15, 0.2) is 20.8 Å². The predicted molar refractivity (Wildman–Crippen MR) is 189 cm³/mol. The molecular weight excluding hydrogens is 677 g/mol. The Morgan fingerprint density at radius 3 is 1.71 bits per heavy atom. The van der Waals surface area contributed by atoms with E-state index in [-0.39, 0.29) is 23.2 Å². The second-order valence-electron chi connectivity index (χ2n) is 14.5. The van der Waals surface area contributed by atoms with Gasteiger partial charge in [-0.05, 0) is 55.2 Å². The van der Waals surface area contributed by atoms with Crippen LogP contribution in [0.5, 0.6) is 0 Å². The van der Waals surface area contributed by atoms with Crippen molar-refractivity contribution in [2.75, 3.05) is 14.2 Å². The molecule has 0 spiro atoms. The minimum atomic E-state index is -2.19. The van der Waals surface area contributed by atoms with Crippen LogP contribution < -0.4 is 0 Å². The smallest absolute Gasteiger partial charge is 0.340 e. The highest BCUT2D eigenvalue weighted by Gasteiger charge is 2.50. The Hall–Kier alpha value is -3.80. The number of methoxy groups -OCH3 is 2. The molecule has 4 heterocycles. The van der Waals surface area contributed by atoms with Crippen LogP contribution in [0.15, 0.2) is 36.4 Å². The van der Waals surface area contributed by atoms with Crippen molar-refractivity contribution in [3.05, 3.63) is 47.5 Å². The fourth-order valence-corrected chi connectivity index (χ4v) is 7.57. The van der Waals surface area contributed by atoms with Gasteiger partial charge in [-0.1, -0.05) is 64.1 Å². The Morgan fingerprint density at radius 2 is 1.27 bits per heavy atom. The zero-order valence-corrected chi connectivity index (χ0v) is 31.9. The molecule has 0 bridgehead atoms. The number of carbonyl (C=O) groups excluding carboxylic acids is 2. The first kappa shape index (κ1) is 38.4. The number of hydrogen-bond donors (Lipinski definition) is 2. The number of aliphatic hydroxyl groups is 2. The number of aliphatic hydroxyl groups excluding tert-OH is 2. The Morgan fingerprint density at radius 1 is 0.804 bits per heavy atom. The summed E-state index contributed by atoms with van der Waals surface area (Å²) < 4.78 is 31.4. The quantitative estimate of drug-likeness (QED) is 0.187. The summed E-state index contributed by atoms with van der Waals surface area (Å²) in [5, 5.41) is 37.9. The Labute approximate surface area is 298 Å². The van der Waals surface area contributed by atoms with Gasteiger partial charge in [-0.2, -0.15) is 0 Å². The van der Waals surface area contributed by atoms with E-state index < -0.39 is 51.0 Å². The van der Waals surface area contributed by atoms with Gasteiger partial charge >= 0.3 is 11.9 Å². The highest BCUT2D eigenvalue weighted by atomic mass is 28.4. The summed E-state index contributed by atoms with van der Waals surface area (Å²) in [6.07, 6.45) is -2.18. The molecule has 2 fully saturated rings. The molecule has 6 rings (SSSR count). The van der Waals surface area contributed by atoms with Crippen LogP contribution in [0.4, 0.5) is 0 Å². The standard InChI is InChI=1S/C20H31N3O5Si.C15H19N3O4/c1-8-14-16(24)17(28-29(6,7)20(2,3)4)18(27-14)23-13-11-9-10-12(19(25)26-5)15(13)21-22-23;1-4-11-8(2)13(19)14(22-11)18-10-7-5-6-9(15(20)21-3)12(10)16-17-18/h9-11,14,16-18,24H,8H2,1-7H3;5-8,11,13-14,19H,4H2,1-3H3/t14-,16-,17-,18-;8-,11-,13-,14-/m11/s1. The normalized spacial score (nSPS) is 26.7. The van der Waals surface area contributed by atoms with E-state index in [0.717, 1.165) is 6.42 Å². The lowest BCUT2D eigenvalue weighted by Gasteiger charge is -2.40. The molecule has 2 N–H and O–H groups in total. The molecule has 2 saturated heterocycles. The molecule has 278 valence electrons. The third-order valence-electron chi connectivity index (χ3n) is 10.4. The molecule has 51 heavy (non-hydrogen) atoms. The first-order chi connectivity index (χ1) is 24.1. The molecule has 2 aromatic carbocycles. The molecule has 0 aliphatic carbocycles. The molecule has 4 aromatic rings. The third-order valence-corrected chi connectivity index (χ3v) is 14.9. The Bertz CT molecular complexity index is 1860. The van der Waals surface area contributed by atoms with Crippen LogP contribution in [0, 0.1) is 5.92 Å². The number of fused-ring (bicyclic) bond motifs is 2. The predicted octanol–water partition coefficient (Wildman–Crippen LogP) is 4.80. The van der Waals surface area contributed by atoms with Crippen LogP contribution in [0.25, 0.3) is 22.1 Å². The second kappa shape index (κ2) is 15.0. The van der Waals surface area contributed by atoms with Gasteiger partial charge in [0, 0.05) is 5.92 Å². The van der Waals surface area contributed by atoms with Crippen molar-refractivity contribution in [2.24, 2.45) is 5.92 Å². The third kappa shape index (κ3) is 7.17. The monoisotopic (exact) mass is 726 g/mol. The summed E-state index contributed by atoms with van der Waals surface area (Å²) in [6, 6.07) is 10.4. The van der Waals surface area contributed by atoms with E-state index in [1.807, 2.05) is 26.8 Å². The maximum absolute atomic E-state index is 12.1. The Balaban J connectivity index is 0.000000205. The van der Waals surface area contributed by atoms with Gasteiger partial charge < -0.3 is 33.6 Å². The molecule has 0 unspecified atom stereocenters. The van der Waals surface area contributed by atoms with E-state index >= 15 is 0 Å². The SMILES string of the molecule is CC[C@H]1O[C@@H](n2nnc3c(C(=O)OC)cccc32)[C@H](O)[C@@H]1C.CC[C@H]1O[C@@H](n2nnc3c(C(=O)OC)cccc32)[C@H](O[Si](C)(C)C(C)(C)C)[C@@H]1O. The maximum atomic E-state index is 12.1. The fraction of sp³-hybridized carbons (Fsp3) is 0.600. The Kier molecular flexibility index (Phi) is 11.3. The molecular formula is C35H50N6O9Si. The summed E-state index contributed by atoms with van der Waals surface area (Å²) in [6.45, 7) is 16.7. The number of ether oxygens (including phenoxy) is 4. The van der Waals surface area contributed by atoms with Crippen molar-refractivity contribution in [2.45, 2.75) is 115 Å². The van der Waals surface area contributed by atoms with Gasteiger partial charge in [-0.25, -0.2) is 19.0 Å². The fourth-order valence-electron chi connectivity index (χ4n) is 6.28. The van der Waals surface area contributed by atoms with Gasteiger partial charge in [0.2, 0.25) is 0 Å². The first-order valence-electron chi connectivity index (χ1n) is 17.3. The summed E-state index contributed by atoms with van der Waals surface area (Å²) >= 11 is 0. The molecule has 2 aromatic heterocycles. The summed E-state index contributed by atoms with van der Waals surface area (Å²) in [5.41, 5.74) is 2.82. The van der Waals surface area contributed by atoms with Gasteiger partial charge in [0.1, 0.15) is 29.3 Å². The lowest BCUT2D eigenvalue weighted by atomic mass is 9.99. The molecule has 2 aliphatic rings. The van der Waals surface area contributed by atoms with Gasteiger partial charge in [-0.3, -0.25) is 0 Å². The van der Waals surface area contributed by atoms with E-state index in [2.05, 4.69) is 54.5 Å². The topological polar surface area (TPSA) is 182 Å². The summed E-state index contributed by atoms with van der Waals surface area (Å²) in [4.78, 5) is 23.9. The van der Waals surface area contributed by atoms with E-state index in [1.165, 1.54) is 14.2 Å². The number of carbonyl (C=O) groups is 2. The number of hydrogen-bond acceptors (Lipinski definition) is 13. The van der Waals surface area contributed by atoms with E-state index in [1.54, 1.807) is 39.7 Å². The highest BCUT2D eigenvalue weighted by molar-refractivity contribution is 6.74. The zero-order chi connectivity index (χ0) is 37.4. The molecule has 16 heteroatoms. The molecule has 15 nitrogen and oxygen atoms in total. The van der Waals surface area contributed by atoms with Crippen LogP contribution in [-0.2, 0) is 23.4 Å². The van der Waals surface area contributed by atoms with Gasteiger partial charge in [-0.15, -0.1) is 10.2 Å². The van der Waals surface area contributed by atoms with Crippen LogP contribution in [0.2, 0.25) is 18.1 Å². The van der Waals surface area contributed by atoms with Crippen molar-refractivity contribution < 1.29 is 43.2 Å². The van der Waals surface area contributed by atoms with E-state index in [9.17, 15) is 19.8 Å². The van der Waals surface area contributed by atoms with Gasteiger partial charge in [0.25, 0.3) is 0 Å². The minimum Gasteiger partial charge on any atom is -0.465 e. The molecule has 2 aliphatic heterocycles. The van der Waals surface area contributed by atoms with Crippen molar-refractivity contribution in [3.8, 4) is 0 Å². The second-order valence-corrected chi connectivity index (χ2v) is 19.3. The average Bonchev–Trinajstić information content (AvgIpc) is 3.87. The maximum Gasteiger partial charge on any atom is 0.340 e. The largest absolute Gasteiger partial charge is 0.465 e. The molecule has 0 amide bonds. The molecule has 0 saturated carbocycles. The van der Waals surface area contributed by atoms with Crippen molar-refractivity contribution in [1.29, 1.82) is 0 Å². The average molecular weight is 727 g/mol. The van der Waals surface area contributed by atoms with Crippen LogP contribution in [-0.4, -0.2) is 105 Å². The molecule has 0 radical (unpaired) electrons. The van der Waals surface area contributed by atoms with Crippen LogP contribution in [0.1, 0.15) is 87.6 Å².